The van der Waals surface area contributed by atoms with Crippen LogP contribution in [0.4, 0.5) is 21.5 Å². The van der Waals surface area contributed by atoms with Gasteiger partial charge in [-0.15, -0.1) is 0 Å². The first kappa shape index (κ1) is 20.3. The van der Waals surface area contributed by atoms with Gasteiger partial charge in [0, 0.05) is 36.7 Å². The average Bonchev–Trinajstić information content (AvgIpc) is 2.98. The van der Waals surface area contributed by atoms with Crippen molar-refractivity contribution in [3.05, 3.63) is 89.9 Å². The number of nitrogens with one attached hydrogen (secondary N) is 1. The molecule has 168 valence electrons. The summed E-state index contributed by atoms with van der Waals surface area (Å²) in [5, 5.41) is 12.3. The van der Waals surface area contributed by atoms with Crippen molar-refractivity contribution >= 4 is 39.6 Å². The number of hydrogen-bond acceptors (Lipinski definition) is 6. The highest BCUT2D eigenvalue weighted by Crippen LogP contribution is 2.39. The SMILES string of the molecule is CN1CCN2C(=O)C(Nc3cnnc4ccccc34)N=C(c3ccccc3F)c3cccc1c32. The van der Waals surface area contributed by atoms with E-state index in [0.29, 0.717) is 35.6 Å². The molecule has 1 atom stereocenters. The zero-order valence-corrected chi connectivity index (χ0v) is 18.4. The van der Waals surface area contributed by atoms with Gasteiger partial charge in [0.25, 0.3) is 5.91 Å². The van der Waals surface area contributed by atoms with Gasteiger partial charge < -0.3 is 15.1 Å². The maximum atomic E-state index is 15.0. The van der Waals surface area contributed by atoms with Crippen LogP contribution >= 0.6 is 0 Å². The Labute approximate surface area is 195 Å². The maximum Gasteiger partial charge on any atom is 0.272 e. The van der Waals surface area contributed by atoms with Crippen molar-refractivity contribution in [1.29, 1.82) is 0 Å². The van der Waals surface area contributed by atoms with Crippen LogP contribution in [-0.4, -0.2) is 48.1 Å². The van der Waals surface area contributed by atoms with Gasteiger partial charge in [-0.3, -0.25) is 4.79 Å². The second kappa shape index (κ2) is 7.91. The van der Waals surface area contributed by atoms with Gasteiger partial charge in [0.15, 0.2) is 6.17 Å². The second-order valence-corrected chi connectivity index (χ2v) is 8.36. The lowest BCUT2D eigenvalue weighted by molar-refractivity contribution is -0.119. The summed E-state index contributed by atoms with van der Waals surface area (Å²) in [6, 6.07) is 19.9. The molecule has 0 fully saturated rings. The first-order chi connectivity index (χ1) is 16.6. The lowest BCUT2D eigenvalue weighted by atomic mass is 9.97. The lowest BCUT2D eigenvalue weighted by Gasteiger charge is -2.36. The van der Waals surface area contributed by atoms with Crippen LogP contribution in [0.3, 0.4) is 0 Å². The molecule has 34 heavy (non-hydrogen) atoms. The molecule has 1 unspecified atom stereocenters. The van der Waals surface area contributed by atoms with Gasteiger partial charge in [0.1, 0.15) is 5.82 Å². The Morgan fingerprint density at radius 2 is 1.76 bits per heavy atom. The third kappa shape index (κ3) is 3.18. The summed E-state index contributed by atoms with van der Waals surface area (Å²) >= 11 is 0. The summed E-state index contributed by atoms with van der Waals surface area (Å²) in [7, 11) is 1.99. The number of aromatic nitrogens is 2. The smallest absolute Gasteiger partial charge is 0.272 e. The highest BCUT2D eigenvalue weighted by atomic mass is 19.1. The molecule has 7 nitrogen and oxygen atoms in total. The summed E-state index contributed by atoms with van der Waals surface area (Å²) < 4.78 is 15.0. The molecular weight excluding hydrogens is 431 g/mol. The number of benzene rings is 3. The largest absolute Gasteiger partial charge is 0.371 e. The zero-order chi connectivity index (χ0) is 23.2. The Morgan fingerprint density at radius 1 is 0.971 bits per heavy atom. The van der Waals surface area contributed by atoms with Crippen molar-refractivity contribution in [3.63, 3.8) is 0 Å². The van der Waals surface area contributed by atoms with Gasteiger partial charge in [0.05, 0.1) is 34.5 Å². The third-order valence-electron chi connectivity index (χ3n) is 6.34. The minimum Gasteiger partial charge on any atom is -0.371 e. The molecule has 0 spiro atoms. The van der Waals surface area contributed by atoms with Crippen LogP contribution in [0.1, 0.15) is 11.1 Å². The summed E-state index contributed by atoms with van der Waals surface area (Å²) in [5.74, 6) is -0.590. The Balaban J connectivity index is 1.56. The summed E-state index contributed by atoms with van der Waals surface area (Å²) in [4.78, 5) is 22.5. The van der Waals surface area contributed by atoms with Crippen LogP contribution in [0.15, 0.2) is 77.9 Å². The first-order valence-electron chi connectivity index (χ1n) is 11.1. The number of hydrogen-bond donors (Lipinski definition) is 1. The zero-order valence-electron chi connectivity index (χ0n) is 18.4. The molecule has 3 aromatic carbocycles. The number of amides is 1. The summed E-state index contributed by atoms with van der Waals surface area (Å²) in [5.41, 5.74) is 4.53. The molecule has 0 radical (unpaired) electrons. The van der Waals surface area contributed by atoms with E-state index in [9.17, 15) is 4.79 Å². The van der Waals surface area contributed by atoms with Crippen molar-refractivity contribution in [2.75, 3.05) is 35.3 Å². The molecule has 3 heterocycles. The van der Waals surface area contributed by atoms with Gasteiger partial charge in [-0.05, 0) is 24.3 Å². The standard InChI is InChI=1S/C26H21FN6O/c1-32-13-14-33-24-18(9-6-12-22(24)32)23(16-7-2-4-10-19(16)27)30-25(26(33)34)29-21-15-28-31-20-11-5-3-8-17(20)21/h2-12,15,25H,13-14H2,1H3,(H,29,31). The topological polar surface area (TPSA) is 73.7 Å². The van der Waals surface area contributed by atoms with Gasteiger partial charge in [-0.2, -0.15) is 10.2 Å². The fourth-order valence-corrected chi connectivity index (χ4v) is 4.65. The Hall–Kier alpha value is -4.33. The van der Waals surface area contributed by atoms with E-state index in [1.165, 1.54) is 6.07 Å². The number of likely N-dealkylation sites (N-methyl/N-ethyl adjacent to an activating group) is 1. The molecule has 1 N–H and O–H groups in total. The Kier molecular flexibility index (Phi) is 4.72. The molecule has 0 bridgehead atoms. The van der Waals surface area contributed by atoms with E-state index in [2.05, 4.69) is 20.4 Å². The lowest BCUT2D eigenvalue weighted by Crippen LogP contribution is -2.48. The minimum atomic E-state index is -0.967. The van der Waals surface area contributed by atoms with Crippen molar-refractivity contribution < 1.29 is 9.18 Å². The third-order valence-corrected chi connectivity index (χ3v) is 6.34. The van der Waals surface area contributed by atoms with Crippen LogP contribution in [-0.2, 0) is 4.79 Å². The van der Waals surface area contributed by atoms with Gasteiger partial charge in [-0.25, -0.2) is 9.38 Å². The minimum absolute atomic E-state index is 0.200. The molecule has 4 aromatic rings. The average molecular weight is 452 g/mol. The Morgan fingerprint density at radius 3 is 2.65 bits per heavy atom. The predicted octanol–water partition coefficient (Wildman–Crippen LogP) is 3.84. The monoisotopic (exact) mass is 452 g/mol. The van der Waals surface area contributed by atoms with Gasteiger partial charge in [0.2, 0.25) is 0 Å². The van der Waals surface area contributed by atoms with Gasteiger partial charge in [-0.1, -0.05) is 42.5 Å². The quantitative estimate of drug-likeness (QED) is 0.511. The Bertz CT molecular complexity index is 1460. The number of nitrogens with zero attached hydrogens (tertiary/aromatic N) is 5. The fourth-order valence-electron chi connectivity index (χ4n) is 4.65. The number of halogens is 1. The molecule has 0 saturated carbocycles. The van der Waals surface area contributed by atoms with Crippen molar-refractivity contribution in [1.82, 2.24) is 10.2 Å². The number of anilines is 3. The highest BCUT2D eigenvalue weighted by molar-refractivity contribution is 6.22. The van der Waals surface area contributed by atoms with Crippen LogP contribution in [0.2, 0.25) is 0 Å². The molecule has 6 rings (SSSR count). The van der Waals surface area contributed by atoms with Crippen LogP contribution < -0.4 is 15.1 Å². The molecule has 1 amide bonds. The molecule has 0 aliphatic carbocycles. The molecular formula is C26H21FN6O. The van der Waals surface area contributed by atoms with E-state index in [4.69, 9.17) is 4.99 Å². The predicted molar refractivity (Wildman–Crippen MR) is 131 cm³/mol. The normalized spacial score (nSPS) is 17.3. The molecule has 2 aliphatic rings. The van der Waals surface area contributed by atoms with Gasteiger partial charge >= 0.3 is 0 Å². The molecule has 2 aliphatic heterocycles. The van der Waals surface area contributed by atoms with E-state index in [1.807, 2.05) is 49.5 Å². The van der Waals surface area contributed by atoms with Crippen LogP contribution in [0, 0.1) is 5.82 Å². The van der Waals surface area contributed by atoms with E-state index in [-0.39, 0.29) is 5.91 Å². The van der Waals surface area contributed by atoms with E-state index >= 15 is 4.39 Å². The molecule has 1 aromatic heterocycles. The van der Waals surface area contributed by atoms with Crippen molar-refractivity contribution in [3.8, 4) is 0 Å². The number of para-hydroxylation sites is 1. The van der Waals surface area contributed by atoms with Crippen LogP contribution in [0.25, 0.3) is 10.9 Å². The number of carbonyl (C=O) groups excluding carboxylic acids is 1. The summed E-state index contributed by atoms with van der Waals surface area (Å²) in [6.07, 6.45) is 0.618. The van der Waals surface area contributed by atoms with Crippen molar-refractivity contribution in [2.24, 2.45) is 4.99 Å². The first-order valence-corrected chi connectivity index (χ1v) is 11.1. The number of fused-ring (bicyclic) bond motifs is 1. The number of rotatable bonds is 3. The molecule has 0 saturated heterocycles. The maximum absolute atomic E-state index is 15.0. The summed E-state index contributed by atoms with van der Waals surface area (Å²) in [6.45, 7) is 1.19. The number of carbonyl (C=O) groups is 1. The van der Waals surface area contributed by atoms with E-state index in [0.717, 1.165) is 22.3 Å². The van der Waals surface area contributed by atoms with E-state index in [1.54, 1.807) is 29.3 Å². The van der Waals surface area contributed by atoms with Crippen molar-refractivity contribution in [2.45, 2.75) is 6.17 Å². The van der Waals surface area contributed by atoms with E-state index < -0.39 is 12.0 Å². The number of aliphatic imine (C=N–C) groups is 1. The van der Waals surface area contributed by atoms with Crippen LogP contribution in [0.5, 0.6) is 0 Å². The highest BCUT2D eigenvalue weighted by Gasteiger charge is 2.37. The second-order valence-electron chi connectivity index (χ2n) is 8.36. The fraction of sp³-hybridized carbons (Fsp3) is 0.154. The molecule has 8 heteroatoms.